The molecular weight excluding hydrogens is 504 g/mol. The number of carbonyl (C=O) groups is 1. The Bertz CT molecular complexity index is 809. The molecular formula is C18H20F3IN4OS. The van der Waals surface area contributed by atoms with Gasteiger partial charge >= 0.3 is 0 Å². The molecule has 0 radical (unpaired) electrons. The van der Waals surface area contributed by atoms with Gasteiger partial charge in [-0.3, -0.25) is 9.79 Å². The number of hydrogen-bond acceptors (Lipinski definition) is 3. The maximum atomic E-state index is 13.5. The summed E-state index contributed by atoms with van der Waals surface area (Å²) in [5.74, 6) is -3.83. The van der Waals surface area contributed by atoms with Crippen molar-refractivity contribution in [1.82, 2.24) is 10.6 Å². The maximum absolute atomic E-state index is 13.5. The second-order valence-corrected chi connectivity index (χ2v) is 6.45. The van der Waals surface area contributed by atoms with E-state index in [1.54, 1.807) is 18.8 Å². The Kier molecular flexibility index (Phi) is 10.8. The highest BCUT2D eigenvalue weighted by Crippen LogP contribution is 2.19. The van der Waals surface area contributed by atoms with Gasteiger partial charge in [-0.1, -0.05) is 18.2 Å². The number of thioether (sulfide) groups is 1. The Balaban J connectivity index is 0.00000392. The number of guanidine groups is 1. The Morgan fingerprint density at radius 3 is 2.43 bits per heavy atom. The van der Waals surface area contributed by atoms with E-state index in [1.807, 2.05) is 30.3 Å². The van der Waals surface area contributed by atoms with Crippen molar-refractivity contribution < 1.29 is 18.0 Å². The molecule has 28 heavy (non-hydrogen) atoms. The van der Waals surface area contributed by atoms with Crippen LogP contribution in [0.5, 0.6) is 0 Å². The highest BCUT2D eigenvalue weighted by Gasteiger charge is 2.15. The Morgan fingerprint density at radius 2 is 1.75 bits per heavy atom. The van der Waals surface area contributed by atoms with E-state index in [4.69, 9.17) is 0 Å². The fourth-order valence-corrected chi connectivity index (χ4v) is 2.85. The summed E-state index contributed by atoms with van der Waals surface area (Å²) in [6.07, 6.45) is 0. The van der Waals surface area contributed by atoms with Gasteiger partial charge in [-0.15, -0.1) is 35.7 Å². The largest absolute Gasteiger partial charge is 0.356 e. The van der Waals surface area contributed by atoms with E-state index in [0.717, 1.165) is 22.8 Å². The molecule has 152 valence electrons. The second-order valence-electron chi connectivity index (χ2n) is 5.29. The van der Waals surface area contributed by atoms with Crippen LogP contribution in [-0.2, 0) is 4.79 Å². The monoisotopic (exact) mass is 524 g/mol. The fourth-order valence-electron chi connectivity index (χ4n) is 2.06. The molecule has 0 aliphatic heterocycles. The van der Waals surface area contributed by atoms with Gasteiger partial charge in [-0.2, -0.15) is 0 Å². The maximum Gasteiger partial charge on any atom is 0.243 e. The van der Waals surface area contributed by atoms with Crippen molar-refractivity contribution in [2.75, 3.05) is 31.2 Å². The van der Waals surface area contributed by atoms with Gasteiger partial charge in [0.15, 0.2) is 23.4 Å². The molecule has 3 N–H and O–H groups in total. The lowest BCUT2D eigenvalue weighted by molar-refractivity contribution is -0.115. The molecule has 0 unspecified atom stereocenters. The van der Waals surface area contributed by atoms with Crippen molar-refractivity contribution in [2.45, 2.75) is 4.90 Å². The summed E-state index contributed by atoms with van der Waals surface area (Å²) in [4.78, 5) is 17.0. The van der Waals surface area contributed by atoms with Gasteiger partial charge in [0.05, 0.1) is 12.2 Å². The number of amides is 1. The van der Waals surface area contributed by atoms with Crippen molar-refractivity contribution in [3.05, 3.63) is 59.9 Å². The van der Waals surface area contributed by atoms with Crippen molar-refractivity contribution in [1.29, 1.82) is 0 Å². The molecule has 5 nitrogen and oxygen atoms in total. The van der Waals surface area contributed by atoms with Crippen LogP contribution in [0.1, 0.15) is 0 Å². The van der Waals surface area contributed by atoms with Crippen LogP contribution < -0.4 is 16.0 Å². The van der Waals surface area contributed by atoms with Gasteiger partial charge in [-0.25, -0.2) is 13.2 Å². The molecule has 0 heterocycles. The molecule has 0 bridgehead atoms. The Morgan fingerprint density at radius 1 is 1.04 bits per heavy atom. The zero-order valence-corrected chi connectivity index (χ0v) is 18.1. The van der Waals surface area contributed by atoms with E-state index in [-0.39, 0.29) is 30.5 Å². The first-order valence-corrected chi connectivity index (χ1v) is 9.05. The number of hydrogen-bond donors (Lipinski definition) is 3. The van der Waals surface area contributed by atoms with E-state index < -0.39 is 29.0 Å². The zero-order valence-electron chi connectivity index (χ0n) is 15.0. The average Bonchev–Trinajstić information content (AvgIpc) is 2.68. The third-order valence-electron chi connectivity index (χ3n) is 3.36. The molecule has 0 aliphatic rings. The lowest BCUT2D eigenvalue weighted by Gasteiger charge is -2.12. The Labute approximate surface area is 182 Å². The van der Waals surface area contributed by atoms with Crippen LogP contribution in [0.3, 0.4) is 0 Å². The lowest BCUT2D eigenvalue weighted by atomic mass is 10.2. The van der Waals surface area contributed by atoms with E-state index >= 15 is 0 Å². The van der Waals surface area contributed by atoms with Crippen molar-refractivity contribution in [2.24, 2.45) is 4.99 Å². The molecule has 0 fully saturated rings. The highest BCUT2D eigenvalue weighted by molar-refractivity contribution is 14.0. The van der Waals surface area contributed by atoms with Crippen molar-refractivity contribution in [3.63, 3.8) is 0 Å². The summed E-state index contributed by atoms with van der Waals surface area (Å²) in [6, 6.07) is 11.6. The standard InChI is InChI=1S/C18H19F3N4OS.HI/c1-22-18(23-9-10-27-12-5-3-2-4-6-12)24-11-15(26)25-14-8-7-13(19)16(20)17(14)21;/h2-8H,9-11H2,1H3,(H,25,26)(H2,22,23,24);1H. The average molecular weight is 524 g/mol. The summed E-state index contributed by atoms with van der Waals surface area (Å²) in [6.45, 7) is 0.391. The van der Waals surface area contributed by atoms with Gasteiger partial charge in [0.25, 0.3) is 0 Å². The van der Waals surface area contributed by atoms with E-state index in [1.165, 1.54) is 0 Å². The number of halogens is 4. The molecule has 2 aromatic carbocycles. The molecule has 0 aromatic heterocycles. The molecule has 0 aliphatic carbocycles. The van der Waals surface area contributed by atoms with E-state index in [9.17, 15) is 18.0 Å². The fraction of sp³-hybridized carbons (Fsp3) is 0.222. The first-order valence-electron chi connectivity index (χ1n) is 8.07. The Hall–Kier alpha value is -1.95. The van der Waals surface area contributed by atoms with Crippen LogP contribution in [0.15, 0.2) is 52.4 Å². The minimum atomic E-state index is -1.63. The molecule has 0 saturated carbocycles. The van der Waals surface area contributed by atoms with Gasteiger partial charge in [0.2, 0.25) is 5.91 Å². The predicted molar refractivity (Wildman–Crippen MR) is 117 cm³/mol. The molecule has 0 saturated heterocycles. The van der Waals surface area contributed by atoms with Crippen LogP contribution in [-0.4, -0.2) is 37.8 Å². The van der Waals surface area contributed by atoms with Crippen molar-refractivity contribution in [3.8, 4) is 0 Å². The molecule has 1 amide bonds. The summed E-state index contributed by atoms with van der Waals surface area (Å²) in [5, 5.41) is 7.98. The zero-order chi connectivity index (χ0) is 19.6. The normalized spacial score (nSPS) is 10.8. The minimum Gasteiger partial charge on any atom is -0.356 e. The summed E-state index contributed by atoms with van der Waals surface area (Å²) >= 11 is 1.67. The third kappa shape index (κ3) is 7.58. The molecule has 2 rings (SSSR count). The highest BCUT2D eigenvalue weighted by atomic mass is 127. The SMILES string of the molecule is CN=C(NCCSc1ccccc1)NCC(=O)Nc1ccc(F)c(F)c1F.I. The molecule has 10 heteroatoms. The lowest BCUT2D eigenvalue weighted by Crippen LogP contribution is -2.42. The van der Waals surface area contributed by atoms with Gasteiger partial charge < -0.3 is 16.0 Å². The van der Waals surface area contributed by atoms with Crippen LogP contribution in [0.2, 0.25) is 0 Å². The number of carbonyl (C=O) groups excluding carboxylic acids is 1. The summed E-state index contributed by atoms with van der Waals surface area (Å²) < 4.78 is 39.6. The number of aliphatic imine (C=N–C) groups is 1. The van der Waals surface area contributed by atoms with E-state index in [2.05, 4.69) is 20.9 Å². The van der Waals surface area contributed by atoms with E-state index in [0.29, 0.717) is 12.5 Å². The van der Waals surface area contributed by atoms with Crippen LogP contribution in [0.25, 0.3) is 0 Å². The number of nitrogens with one attached hydrogen (secondary N) is 3. The first kappa shape index (κ1) is 24.1. The van der Waals surface area contributed by atoms with Crippen LogP contribution in [0.4, 0.5) is 18.9 Å². The number of rotatable bonds is 7. The summed E-state index contributed by atoms with van der Waals surface area (Å²) in [7, 11) is 1.55. The third-order valence-corrected chi connectivity index (χ3v) is 4.37. The molecule has 0 atom stereocenters. The number of benzene rings is 2. The second kappa shape index (κ2) is 12.5. The van der Waals surface area contributed by atoms with Gasteiger partial charge in [0.1, 0.15) is 0 Å². The van der Waals surface area contributed by atoms with Gasteiger partial charge in [-0.05, 0) is 24.3 Å². The number of nitrogens with zero attached hydrogens (tertiary/aromatic N) is 1. The smallest absolute Gasteiger partial charge is 0.243 e. The number of anilines is 1. The van der Waals surface area contributed by atoms with Crippen molar-refractivity contribution >= 4 is 53.3 Å². The topological polar surface area (TPSA) is 65.5 Å². The first-order chi connectivity index (χ1) is 13.0. The predicted octanol–water partition coefficient (Wildman–Crippen LogP) is 3.62. The van der Waals surface area contributed by atoms with Gasteiger partial charge in [0, 0.05) is 24.2 Å². The van der Waals surface area contributed by atoms with Crippen LogP contribution in [0, 0.1) is 17.5 Å². The minimum absolute atomic E-state index is 0. The molecule has 2 aromatic rings. The van der Waals surface area contributed by atoms with Crippen LogP contribution >= 0.6 is 35.7 Å². The quantitative estimate of drug-likeness (QED) is 0.129. The summed E-state index contributed by atoms with van der Waals surface area (Å²) in [5.41, 5.74) is -0.428. The molecule has 0 spiro atoms.